The molecule has 0 bridgehead atoms. The van der Waals surface area contributed by atoms with Gasteiger partial charge in [-0.1, -0.05) is 115 Å². The van der Waals surface area contributed by atoms with Crippen LogP contribution < -0.4 is 9.80 Å². The fourth-order valence-corrected chi connectivity index (χ4v) is 5.80. The van der Waals surface area contributed by atoms with E-state index in [1.54, 1.807) is 0 Å². The van der Waals surface area contributed by atoms with Crippen molar-refractivity contribution in [2.75, 3.05) is 9.80 Å². The first kappa shape index (κ1) is 25.6. The molecule has 0 unspecified atom stereocenters. The smallest absolute Gasteiger partial charge is 0.164 e. The molecule has 0 atom stereocenters. The van der Waals surface area contributed by atoms with Gasteiger partial charge < -0.3 is 9.80 Å². The quantitative estimate of drug-likeness (QED) is 0.208. The Morgan fingerprint density at radius 2 is 0.636 bits per heavy atom. The van der Waals surface area contributed by atoms with Gasteiger partial charge in [0.2, 0.25) is 0 Å². The molecule has 1 aliphatic rings. The summed E-state index contributed by atoms with van der Waals surface area (Å²) in [6.45, 7) is 0. The summed E-state index contributed by atoms with van der Waals surface area (Å²) in [6, 6.07) is 56.2. The second kappa shape index (κ2) is 11.0. The lowest BCUT2D eigenvalue weighted by molar-refractivity contribution is 1.07. The van der Waals surface area contributed by atoms with Crippen LogP contribution in [0.2, 0.25) is 0 Å². The molecule has 1 aromatic heterocycles. The number of aromatic nitrogens is 3. The molecule has 0 saturated heterocycles. The van der Waals surface area contributed by atoms with Crippen LogP contribution in [0.1, 0.15) is 0 Å². The second-order valence-electron chi connectivity index (χ2n) is 10.6. The third-order valence-electron chi connectivity index (χ3n) is 7.80. The summed E-state index contributed by atoms with van der Waals surface area (Å²) in [6.07, 6.45) is 0. The van der Waals surface area contributed by atoms with E-state index in [9.17, 15) is 0 Å². The van der Waals surface area contributed by atoms with Crippen LogP contribution in [0.3, 0.4) is 0 Å². The topological polar surface area (TPSA) is 45.2 Å². The van der Waals surface area contributed by atoms with E-state index in [0.717, 1.165) is 50.8 Å². The first-order chi connectivity index (χ1) is 21.8. The summed E-state index contributed by atoms with van der Waals surface area (Å²) in [7, 11) is 0. The number of fused-ring (bicyclic) bond motifs is 2. The van der Waals surface area contributed by atoms with Crippen molar-refractivity contribution < 1.29 is 0 Å². The summed E-state index contributed by atoms with van der Waals surface area (Å²) < 4.78 is 0. The lowest BCUT2D eigenvalue weighted by Crippen LogP contribution is -2.23. The molecule has 208 valence electrons. The number of anilines is 6. The van der Waals surface area contributed by atoms with Crippen molar-refractivity contribution in [1.29, 1.82) is 0 Å². The largest absolute Gasteiger partial charge is 0.306 e. The minimum absolute atomic E-state index is 0.629. The van der Waals surface area contributed by atoms with E-state index in [-0.39, 0.29) is 0 Å². The Hall–Kier alpha value is -6.07. The molecule has 5 heteroatoms. The molecule has 0 saturated carbocycles. The van der Waals surface area contributed by atoms with Gasteiger partial charge in [0, 0.05) is 28.1 Å². The molecule has 5 nitrogen and oxygen atoms in total. The lowest BCUT2D eigenvalue weighted by atomic mass is 10.0. The van der Waals surface area contributed by atoms with E-state index >= 15 is 0 Å². The Morgan fingerprint density at radius 3 is 1.11 bits per heavy atom. The standard InChI is InChI=1S/C39H27N5/c1-4-15-28(16-5-1)37-40-38(29-17-6-2-7-18-29)42-39(41-37)30-19-14-22-32(27-30)44-35-25-12-10-23-33(35)43(31-20-8-3-9-21-31)34-24-11-13-26-36(34)44/h1-27H. The summed E-state index contributed by atoms with van der Waals surface area (Å²) in [5, 5.41) is 0. The average molecular weight is 566 g/mol. The molecule has 2 heterocycles. The molecular formula is C39H27N5. The number of hydrogen-bond donors (Lipinski definition) is 0. The van der Waals surface area contributed by atoms with Gasteiger partial charge in [-0.05, 0) is 48.5 Å². The van der Waals surface area contributed by atoms with Crippen LogP contribution in [0.4, 0.5) is 34.1 Å². The van der Waals surface area contributed by atoms with E-state index in [4.69, 9.17) is 15.0 Å². The van der Waals surface area contributed by atoms with E-state index in [1.807, 2.05) is 60.7 Å². The van der Waals surface area contributed by atoms with Crippen molar-refractivity contribution in [1.82, 2.24) is 15.0 Å². The fourth-order valence-electron chi connectivity index (χ4n) is 5.80. The van der Waals surface area contributed by atoms with Gasteiger partial charge in [-0.2, -0.15) is 0 Å². The maximum absolute atomic E-state index is 4.98. The summed E-state index contributed by atoms with van der Waals surface area (Å²) in [4.78, 5) is 19.5. The van der Waals surface area contributed by atoms with Gasteiger partial charge >= 0.3 is 0 Å². The fraction of sp³-hybridized carbons (Fsp3) is 0. The van der Waals surface area contributed by atoms with Gasteiger partial charge in [0.25, 0.3) is 0 Å². The molecule has 6 aromatic carbocycles. The first-order valence-electron chi connectivity index (χ1n) is 14.6. The molecule has 8 rings (SSSR count). The predicted octanol–water partition coefficient (Wildman–Crippen LogP) is 10.1. The highest BCUT2D eigenvalue weighted by Gasteiger charge is 2.30. The maximum Gasteiger partial charge on any atom is 0.164 e. The predicted molar refractivity (Wildman–Crippen MR) is 179 cm³/mol. The van der Waals surface area contributed by atoms with Gasteiger partial charge in [-0.25, -0.2) is 15.0 Å². The Morgan fingerprint density at radius 1 is 0.295 bits per heavy atom. The molecule has 1 aliphatic heterocycles. The summed E-state index contributed by atoms with van der Waals surface area (Å²) in [5.74, 6) is 1.92. The highest BCUT2D eigenvalue weighted by Crippen LogP contribution is 2.54. The van der Waals surface area contributed by atoms with Crippen LogP contribution in [-0.4, -0.2) is 15.0 Å². The van der Waals surface area contributed by atoms with Crippen molar-refractivity contribution in [3.8, 4) is 34.2 Å². The molecule has 44 heavy (non-hydrogen) atoms. The van der Waals surface area contributed by atoms with Crippen molar-refractivity contribution >= 4 is 34.1 Å². The zero-order valence-electron chi connectivity index (χ0n) is 23.8. The minimum Gasteiger partial charge on any atom is -0.306 e. The molecule has 0 radical (unpaired) electrons. The van der Waals surface area contributed by atoms with E-state index < -0.39 is 0 Å². The monoisotopic (exact) mass is 565 g/mol. The van der Waals surface area contributed by atoms with Crippen molar-refractivity contribution in [3.05, 3.63) is 164 Å². The van der Waals surface area contributed by atoms with Crippen molar-refractivity contribution in [2.45, 2.75) is 0 Å². The SMILES string of the molecule is c1ccc(-c2nc(-c3ccccc3)nc(-c3cccc(N4c5ccccc5N(c5ccccc5)c5ccccc54)c3)n2)cc1. The third-order valence-corrected chi connectivity index (χ3v) is 7.80. The van der Waals surface area contributed by atoms with Gasteiger partial charge in [-0.15, -0.1) is 0 Å². The highest BCUT2D eigenvalue weighted by atomic mass is 15.3. The average Bonchev–Trinajstić information content (AvgIpc) is 3.11. The number of nitrogens with zero attached hydrogens (tertiary/aromatic N) is 5. The van der Waals surface area contributed by atoms with Crippen LogP contribution >= 0.6 is 0 Å². The third kappa shape index (κ3) is 4.57. The number of rotatable bonds is 5. The Balaban J connectivity index is 1.29. The molecule has 0 N–H and O–H groups in total. The van der Waals surface area contributed by atoms with Crippen LogP contribution in [0.15, 0.2) is 164 Å². The van der Waals surface area contributed by atoms with Crippen LogP contribution in [0.25, 0.3) is 34.2 Å². The number of benzene rings is 6. The Kier molecular flexibility index (Phi) is 6.39. The van der Waals surface area contributed by atoms with Gasteiger partial charge in [-0.3, -0.25) is 0 Å². The van der Waals surface area contributed by atoms with Crippen LogP contribution in [-0.2, 0) is 0 Å². The zero-order chi connectivity index (χ0) is 29.3. The van der Waals surface area contributed by atoms with Gasteiger partial charge in [0.15, 0.2) is 17.5 Å². The molecule has 7 aromatic rings. The maximum atomic E-state index is 4.98. The van der Waals surface area contributed by atoms with Crippen molar-refractivity contribution in [2.24, 2.45) is 0 Å². The normalized spacial score (nSPS) is 12.0. The molecule has 0 aliphatic carbocycles. The summed E-state index contributed by atoms with van der Waals surface area (Å²) in [5.41, 5.74) is 9.37. The zero-order valence-corrected chi connectivity index (χ0v) is 23.8. The Bertz CT molecular complexity index is 1970. The first-order valence-corrected chi connectivity index (χ1v) is 14.6. The van der Waals surface area contributed by atoms with Crippen molar-refractivity contribution in [3.63, 3.8) is 0 Å². The minimum atomic E-state index is 0.629. The highest BCUT2D eigenvalue weighted by molar-refractivity contribution is 6.01. The van der Waals surface area contributed by atoms with Crippen LogP contribution in [0, 0.1) is 0 Å². The molecule has 0 fully saturated rings. The van der Waals surface area contributed by atoms with E-state index in [1.165, 1.54) is 0 Å². The van der Waals surface area contributed by atoms with E-state index in [0.29, 0.717) is 17.5 Å². The molecule has 0 amide bonds. The number of hydrogen-bond acceptors (Lipinski definition) is 5. The van der Waals surface area contributed by atoms with Gasteiger partial charge in [0.1, 0.15) is 0 Å². The van der Waals surface area contributed by atoms with Gasteiger partial charge in [0.05, 0.1) is 22.7 Å². The number of para-hydroxylation sites is 5. The molecule has 0 spiro atoms. The Labute approximate surface area is 256 Å². The van der Waals surface area contributed by atoms with Crippen LogP contribution in [0.5, 0.6) is 0 Å². The van der Waals surface area contributed by atoms with E-state index in [2.05, 4.69) is 113 Å². The second-order valence-corrected chi connectivity index (χ2v) is 10.6. The molecular weight excluding hydrogens is 538 g/mol. The lowest BCUT2D eigenvalue weighted by Gasteiger charge is -2.40. The summed E-state index contributed by atoms with van der Waals surface area (Å²) >= 11 is 0.